The lowest BCUT2D eigenvalue weighted by atomic mass is 9.85. The van der Waals surface area contributed by atoms with Crippen LogP contribution in [0.5, 0.6) is 0 Å². The van der Waals surface area contributed by atoms with Crippen molar-refractivity contribution in [1.29, 1.82) is 0 Å². The largest absolute Gasteiger partial charge is 0.317 e. The second kappa shape index (κ2) is 3.97. The molecule has 0 radical (unpaired) electrons. The number of nitrogens with one attached hydrogen (secondary N) is 1. The highest BCUT2D eigenvalue weighted by molar-refractivity contribution is 4.74. The molecule has 1 fully saturated rings. The van der Waals surface area contributed by atoms with Gasteiger partial charge in [-0.2, -0.15) is 0 Å². The molecule has 1 rings (SSSR count). The first-order chi connectivity index (χ1) is 4.86. The summed E-state index contributed by atoms with van der Waals surface area (Å²) >= 11 is 0. The second-order valence-electron chi connectivity index (χ2n) is 3.41. The van der Waals surface area contributed by atoms with Gasteiger partial charge in [0.1, 0.15) is 0 Å². The molecule has 0 saturated heterocycles. The SMILES string of the molecule is CC[C@H]1CC[C@H](NC)CC1. The van der Waals surface area contributed by atoms with E-state index in [1.807, 2.05) is 0 Å². The lowest BCUT2D eigenvalue weighted by Crippen LogP contribution is -2.29. The molecule has 0 spiro atoms. The summed E-state index contributed by atoms with van der Waals surface area (Å²) in [6.07, 6.45) is 7.07. The minimum Gasteiger partial charge on any atom is -0.317 e. The van der Waals surface area contributed by atoms with Crippen molar-refractivity contribution in [2.24, 2.45) is 5.92 Å². The van der Waals surface area contributed by atoms with E-state index >= 15 is 0 Å². The molecule has 10 heavy (non-hydrogen) atoms. The summed E-state index contributed by atoms with van der Waals surface area (Å²) in [6, 6.07) is 0.822. The Hall–Kier alpha value is -0.0400. The minimum absolute atomic E-state index is 0.822. The van der Waals surface area contributed by atoms with Gasteiger partial charge < -0.3 is 5.32 Å². The molecular formula is C9H19N. The molecule has 1 heteroatoms. The molecule has 60 valence electrons. The Bertz CT molecular complexity index is 70.7. The van der Waals surface area contributed by atoms with Gasteiger partial charge in [0.05, 0.1) is 0 Å². The average molecular weight is 141 g/mol. The molecule has 0 bridgehead atoms. The molecule has 0 amide bonds. The second-order valence-corrected chi connectivity index (χ2v) is 3.41. The fraction of sp³-hybridized carbons (Fsp3) is 1.00. The summed E-state index contributed by atoms with van der Waals surface area (Å²) in [5.74, 6) is 1.03. The summed E-state index contributed by atoms with van der Waals surface area (Å²) < 4.78 is 0. The van der Waals surface area contributed by atoms with Crippen LogP contribution in [-0.4, -0.2) is 13.1 Å². The molecule has 0 heterocycles. The summed E-state index contributed by atoms with van der Waals surface area (Å²) in [4.78, 5) is 0. The first-order valence-corrected chi connectivity index (χ1v) is 4.54. The van der Waals surface area contributed by atoms with E-state index in [2.05, 4.69) is 19.3 Å². The highest BCUT2D eigenvalue weighted by Crippen LogP contribution is 2.25. The van der Waals surface area contributed by atoms with E-state index in [9.17, 15) is 0 Å². The molecule has 0 aromatic rings. The van der Waals surface area contributed by atoms with Gasteiger partial charge in [-0.3, -0.25) is 0 Å². The third kappa shape index (κ3) is 1.98. The molecule has 1 saturated carbocycles. The van der Waals surface area contributed by atoms with Gasteiger partial charge in [-0.05, 0) is 38.6 Å². The van der Waals surface area contributed by atoms with E-state index in [0.29, 0.717) is 0 Å². The zero-order chi connectivity index (χ0) is 7.40. The maximum atomic E-state index is 3.35. The van der Waals surface area contributed by atoms with Crippen LogP contribution in [0.4, 0.5) is 0 Å². The Morgan fingerprint density at radius 2 is 1.80 bits per heavy atom. The van der Waals surface area contributed by atoms with Crippen molar-refractivity contribution >= 4 is 0 Å². The van der Waals surface area contributed by atoms with Crippen molar-refractivity contribution in [2.75, 3.05) is 7.05 Å². The molecule has 1 aliphatic carbocycles. The van der Waals surface area contributed by atoms with E-state index < -0.39 is 0 Å². The van der Waals surface area contributed by atoms with Crippen molar-refractivity contribution in [3.05, 3.63) is 0 Å². The van der Waals surface area contributed by atoms with Crippen LogP contribution < -0.4 is 5.32 Å². The van der Waals surface area contributed by atoms with Gasteiger partial charge in [0.15, 0.2) is 0 Å². The predicted octanol–water partition coefficient (Wildman–Crippen LogP) is 2.17. The van der Waals surface area contributed by atoms with E-state index in [-0.39, 0.29) is 0 Å². The fourth-order valence-electron chi connectivity index (χ4n) is 1.86. The summed E-state index contributed by atoms with van der Waals surface area (Å²) in [6.45, 7) is 2.31. The van der Waals surface area contributed by atoms with Gasteiger partial charge in [0.2, 0.25) is 0 Å². The molecule has 1 nitrogen and oxygen atoms in total. The van der Waals surface area contributed by atoms with Gasteiger partial charge in [-0.25, -0.2) is 0 Å². The Kier molecular flexibility index (Phi) is 3.20. The predicted molar refractivity (Wildman–Crippen MR) is 45.1 cm³/mol. The molecule has 0 aromatic heterocycles. The van der Waals surface area contributed by atoms with Gasteiger partial charge in [0.25, 0.3) is 0 Å². The minimum atomic E-state index is 0.822. The van der Waals surface area contributed by atoms with Crippen LogP contribution in [0.15, 0.2) is 0 Å². The van der Waals surface area contributed by atoms with Crippen LogP contribution in [0.25, 0.3) is 0 Å². The first kappa shape index (κ1) is 8.06. The van der Waals surface area contributed by atoms with Crippen molar-refractivity contribution in [3.63, 3.8) is 0 Å². The third-order valence-electron chi connectivity index (χ3n) is 2.83. The third-order valence-corrected chi connectivity index (χ3v) is 2.83. The van der Waals surface area contributed by atoms with Gasteiger partial charge in [-0.1, -0.05) is 13.3 Å². The smallest absolute Gasteiger partial charge is 0.00642 e. The van der Waals surface area contributed by atoms with Gasteiger partial charge in [0, 0.05) is 6.04 Å². The Labute approximate surface area is 64.2 Å². The summed E-state index contributed by atoms with van der Waals surface area (Å²) in [5, 5.41) is 3.35. The van der Waals surface area contributed by atoms with Crippen LogP contribution >= 0.6 is 0 Å². The highest BCUT2D eigenvalue weighted by atomic mass is 14.9. The lowest BCUT2D eigenvalue weighted by molar-refractivity contribution is 0.296. The topological polar surface area (TPSA) is 12.0 Å². The van der Waals surface area contributed by atoms with Gasteiger partial charge in [-0.15, -0.1) is 0 Å². The van der Waals surface area contributed by atoms with Crippen molar-refractivity contribution in [2.45, 2.75) is 45.1 Å². The first-order valence-electron chi connectivity index (χ1n) is 4.54. The maximum Gasteiger partial charge on any atom is 0.00642 e. The zero-order valence-electron chi connectivity index (χ0n) is 7.19. The summed E-state index contributed by atoms with van der Waals surface area (Å²) in [5.41, 5.74) is 0. The highest BCUT2D eigenvalue weighted by Gasteiger charge is 2.17. The number of rotatable bonds is 2. The van der Waals surface area contributed by atoms with Crippen LogP contribution in [0.1, 0.15) is 39.0 Å². The van der Waals surface area contributed by atoms with Crippen LogP contribution in [0.2, 0.25) is 0 Å². The van der Waals surface area contributed by atoms with Crippen LogP contribution in [0, 0.1) is 5.92 Å². The van der Waals surface area contributed by atoms with E-state index in [1.165, 1.54) is 32.1 Å². The van der Waals surface area contributed by atoms with E-state index in [1.54, 1.807) is 0 Å². The van der Waals surface area contributed by atoms with Gasteiger partial charge >= 0.3 is 0 Å². The van der Waals surface area contributed by atoms with E-state index in [0.717, 1.165) is 12.0 Å². The summed E-state index contributed by atoms with van der Waals surface area (Å²) in [7, 11) is 2.08. The molecular weight excluding hydrogens is 122 g/mol. The monoisotopic (exact) mass is 141 g/mol. The number of hydrogen-bond donors (Lipinski definition) is 1. The standard InChI is InChI=1S/C9H19N/c1-3-8-4-6-9(10-2)7-5-8/h8-10H,3-7H2,1-2H3/t8-,9-. The van der Waals surface area contributed by atoms with Crippen molar-refractivity contribution in [1.82, 2.24) is 5.32 Å². The normalized spacial score (nSPS) is 34.2. The van der Waals surface area contributed by atoms with E-state index in [4.69, 9.17) is 0 Å². The molecule has 1 N–H and O–H groups in total. The maximum absolute atomic E-state index is 3.35. The number of hydrogen-bond acceptors (Lipinski definition) is 1. The average Bonchev–Trinajstić information content (AvgIpc) is 2.05. The Morgan fingerprint density at radius 3 is 2.20 bits per heavy atom. The Morgan fingerprint density at radius 1 is 1.20 bits per heavy atom. The van der Waals surface area contributed by atoms with Crippen LogP contribution in [0.3, 0.4) is 0 Å². The molecule has 0 unspecified atom stereocenters. The van der Waals surface area contributed by atoms with Crippen molar-refractivity contribution in [3.8, 4) is 0 Å². The van der Waals surface area contributed by atoms with Crippen LogP contribution in [-0.2, 0) is 0 Å². The Balaban J connectivity index is 2.17. The fourth-order valence-corrected chi connectivity index (χ4v) is 1.86. The quantitative estimate of drug-likeness (QED) is 0.621. The molecule has 0 aliphatic heterocycles. The zero-order valence-corrected chi connectivity index (χ0v) is 7.19. The molecule has 1 aliphatic rings. The molecule has 0 aromatic carbocycles. The lowest BCUT2D eigenvalue weighted by Gasteiger charge is -2.27. The van der Waals surface area contributed by atoms with Crippen molar-refractivity contribution < 1.29 is 0 Å². The molecule has 0 atom stereocenters.